The average Bonchev–Trinajstić information content (AvgIpc) is 2.33. The SMILES string of the molecule is Cc1cc(SOO[O-])ccc1C(=O)NCCI.[Na+]. The van der Waals surface area contributed by atoms with Crippen molar-refractivity contribution in [3.8, 4) is 0 Å². The number of carbonyl (C=O) groups excluding carboxylic acids is 1. The van der Waals surface area contributed by atoms with Crippen molar-refractivity contribution in [3.63, 3.8) is 0 Å². The molecule has 0 saturated heterocycles. The van der Waals surface area contributed by atoms with Gasteiger partial charge in [0.2, 0.25) is 0 Å². The van der Waals surface area contributed by atoms with Crippen LogP contribution in [0, 0.1) is 6.92 Å². The van der Waals surface area contributed by atoms with Crippen molar-refractivity contribution in [2.45, 2.75) is 11.8 Å². The van der Waals surface area contributed by atoms with Gasteiger partial charge in [0.15, 0.2) is 0 Å². The number of benzene rings is 1. The Balaban J connectivity index is 0.00000289. The van der Waals surface area contributed by atoms with Crippen LogP contribution in [-0.4, -0.2) is 16.9 Å². The molecule has 8 heteroatoms. The van der Waals surface area contributed by atoms with Gasteiger partial charge in [-0.15, -0.1) is 0 Å². The number of carbonyl (C=O) groups is 1. The molecular weight excluding hydrogens is 380 g/mol. The summed E-state index contributed by atoms with van der Waals surface area (Å²) in [5.74, 6) is -0.100. The third-order valence-electron chi connectivity index (χ3n) is 1.98. The number of halogens is 1. The Hall–Kier alpha value is 0.650. The first-order chi connectivity index (χ1) is 8.19. The Kier molecular flexibility index (Phi) is 10.8. The first-order valence-corrected chi connectivity index (χ1v) is 7.03. The molecule has 0 atom stereocenters. The number of hydrogen-bond acceptors (Lipinski definition) is 5. The van der Waals surface area contributed by atoms with E-state index < -0.39 is 0 Å². The van der Waals surface area contributed by atoms with Gasteiger partial charge >= 0.3 is 29.6 Å². The summed E-state index contributed by atoms with van der Waals surface area (Å²) < 4.78 is 5.07. The fourth-order valence-electron chi connectivity index (χ4n) is 1.25. The molecule has 0 fully saturated rings. The van der Waals surface area contributed by atoms with E-state index in [0.717, 1.165) is 22.0 Å². The summed E-state index contributed by atoms with van der Waals surface area (Å²) in [7, 11) is 0. The van der Waals surface area contributed by atoms with E-state index >= 15 is 0 Å². The summed E-state index contributed by atoms with van der Waals surface area (Å²) in [6.45, 7) is 2.46. The molecule has 0 aromatic heterocycles. The molecule has 0 heterocycles. The van der Waals surface area contributed by atoms with Crippen LogP contribution in [0.3, 0.4) is 0 Å². The zero-order valence-corrected chi connectivity index (χ0v) is 15.0. The monoisotopic (exact) mass is 391 g/mol. The molecule has 1 N–H and O–H groups in total. The fourth-order valence-corrected chi connectivity index (χ4v) is 1.98. The standard InChI is InChI=1S/C10H12INO4S.Na/c1-7-6-8(17-16-15-14)2-3-9(7)10(13)12-5-4-11;/h2-3,6,14H,4-5H2,1H3,(H,12,13);/q;+1/p-1. The molecule has 94 valence electrons. The van der Waals surface area contributed by atoms with Crippen LogP contribution in [0.25, 0.3) is 0 Å². The van der Waals surface area contributed by atoms with Crippen LogP contribution in [0.15, 0.2) is 23.1 Å². The molecule has 0 bridgehead atoms. The van der Waals surface area contributed by atoms with Gasteiger partial charge in [-0.3, -0.25) is 9.83 Å². The zero-order chi connectivity index (χ0) is 12.7. The molecule has 5 nitrogen and oxygen atoms in total. The van der Waals surface area contributed by atoms with Crippen LogP contribution in [0.2, 0.25) is 0 Å². The van der Waals surface area contributed by atoms with Crippen molar-refractivity contribution in [3.05, 3.63) is 29.3 Å². The van der Waals surface area contributed by atoms with Gasteiger partial charge in [-0.1, -0.05) is 22.6 Å². The number of rotatable bonds is 6. The first-order valence-electron chi connectivity index (χ1n) is 4.77. The maximum atomic E-state index is 11.7. The summed E-state index contributed by atoms with van der Waals surface area (Å²) in [5, 5.41) is 15.7. The summed E-state index contributed by atoms with van der Waals surface area (Å²) in [6.07, 6.45) is 0. The maximum Gasteiger partial charge on any atom is 1.00 e. The Morgan fingerprint density at radius 2 is 2.28 bits per heavy atom. The minimum atomic E-state index is -0.100. The molecule has 0 aliphatic carbocycles. The van der Waals surface area contributed by atoms with Gasteiger partial charge in [0.05, 0.1) is 12.0 Å². The Morgan fingerprint density at radius 3 is 2.83 bits per heavy atom. The number of aryl methyl sites for hydroxylation is 1. The van der Waals surface area contributed by atoms with Crippen LogP contribution in [0.5, 0.6) is 0 Å². The van der Waals surface area contributed by atoms with E-state index in [2.05, 4.69) is 37.3 Å². The van der Waals surface area contributed by atoms with E-state index in [1.54, 1.807) is 18.2 Å². The smallest absolute Gasteiger partial charge is 0.691 e. The van der Waals surface area contributed by atoms with Crippen molar-refractivity contribution in [1.82, 2.24) is 5.32 Å². The molecule has 0 radical (unpaired) electrons. The Morgan fingerprint density at radius 1 is 1.56 bits per heavy atom. The van der Waals surface area contributed by atoms with E-state index in [1.807, 2.05) is 6.92 Å². The molecule has 18 heavy (non-hydrogen) atoms. The van der Waals surface area contributed by atoms with Crippen molar-refractivity contribution in [2.24, 2.45) is 0 Å². The molecule has 0 saturated carbocycles. The third kappa shape index (κ3) is 6.20. The maximum absolute atomic E-state index is 11.7. The van der Waals surface area contributed by atoms with Gasteiger partial charge in [0, 0.05) is 21.4 Å². The second-order valence-corrected chi connectivity index (χ2v) is 4.99. The molecule has 1 aromatic rings. The zero-order valence-electron chi connectivity index (χ0n) is 10.1. The van der Waals surface area contributed by atoms with Crippen molar-refractivity contribution >= 4 is 40.5 Å². The normalized spacial score (nSPS) is 9.72. The molecule has 0 spiro atoms. The second-order valence-electron chi connectivity index (χ2n) is 3.14. The Labute approximate surface area is 145 Å². The molecule has 0 aliphatic heterocycles. The second kappa shape index (κ2) is 10.4. The van der Waals surface area contributed by atoms with E-state index in [1.165, 1.54) is 0 Å². The van der Waals surface area contributed by atoms with Gasteiger partial charge < -0.3 is 10.6 Å². The third-order valence-corrected chi connectivity index (χ3v) is 3.09. The summed E-state index contributed by atoms with van der Waals surface area (Å²) in [5.41, 5.74) is 1.43. The molecule has 0 aliphatic rings. The van der Waals surface area contributed by atoms with E-state index in [4.69, 9.17) is 0 Å². The number of amides is 1. The molecule has 1 amide bonds. The van der Waals surface area contributed by atoms with Crippen LogP contribution in [0.4, 0.5) is 0 Å². The summed E-state index contributed by atoms with van der Waals surface area (Å²) in [4.78, 5) is 12.4. The van der Waals surface area contributed by atoms with Crippen molar-refractivity contribution in [2.75, 3.05) is 11.0 Å². The van der Waals surface area contributed by atoms with Gasteiger partial charge in [-0.2, -0.15) is 4.33 Å². The van der Waals surface area contributed by atoms with Crippen LogP contribution in [0.1, 0.15) is 15.9 Å². The summed E-state index contributed by atoms with van der Waals surface area (Å²) >= 11 is 3.00. The first kappa shape index (κ1) is 18.7. The van der Waals surface area contributed by atoms with E-state index in [-0.39, 0.29) is 35.5 Å². The average molecular weight is 391 g/mol. The number of alkyl halides is 1. The minimum absolute atomic E-state index is 0. The Bertz CT molecular complexity index is 394. The molecular formula is C10H11INNaO4S. The van der Waals surface area contributed by atoms with Crippen molar-refractivity contribution in [1.29, 1.82) is 0 Å². The largest absolute Gasteiger partial charge is 1.00 e. The molecule has 1 aromatic carbocycles. The van der Waals surface area contributed by atoms with Crippen molar-refractivity contribution < 1.29 is 49.0 Å². The quantitative estimate of drug-likeness (QED) is 0.158. The van der Waals surface area contributed by atoms with E-state index in [9.17, 15) is 10.1 Å². The topological polar surface area (TPSA) is 70.6 Å². The molecule has 0 unspecified atom stereocenters. The predicted octanol–water partition coefficient (Wildman–Crippen LogP) is -1.61. The fraction of sp³-hybridized carbons (Fsp3) is 0.300. The number of hydrogen-bond donors (Lipinski definition) is 1. The molecule has 1 rings (SSSR count). The van der Waals surface area contributed by atoms with Gasteiger partial charge in [0.1, 0.15) is 0 Å². The van der Waals surface area contributed by atoms with E-state index in [0.29, 0.717) is 17.0 Å². The summed E-state index contributed by atoms with van der Waals surface area (Å²) in [6, 6.07) is 5.13. The van der Waals surface area contributed by atoms with Gasteiger partial charge in [-0.25, -0.2) is 0 Å². The van der Waals surface area contributed by atoms with Gasteiger partial charge in [0.25, 0.3) is 5.91 Å². The minimum Gasteiger partial charge on any atom is -0.691 e. The van der Waals surface area contributed by atoms with Crippen LogP contribution < -0.4 is 40.1 Å². The van der Waals surface area contributed by atoms with Gasteiger partial charge in [-0.05, 0) is 30.7 Å². The van der Waals surface area contributed by atoms with Crippen LogP contribution in [-0.2, 0) is 9.37 Å². The van der Waals surface area contributed by atoms with Crippen LogP contribution >= 0.6 is 34.6 Å². The predicted molar refractivity (Wildman–Crippen MR) is 70.4 cm³/mol. The number of nitrogens with one attached hydrogen (secondary N) is 1.